The molecule has 0 aliphatic rings. The van der Waals surface area contributed by atoms with Crippen LogP contribution in [0.15, 0.2) is 72.8 Å². The molecule has 5 heteroatoms. The third-order valence-corrected chi connectivity index (χ3v) is 6.26. The molecule has 0 bridgehead atoms. The summed E-state index contributed by atoms with van der Waals surface area (Å²) in [6, 6.07) is 24.9. The number of ether oxygens (including phenoxy) is 2. The molecule has 0 aromatic heterocycles. The molecule has 186 valence electrons. The van der Waals surface area contributed by atoms with Crippen molar-refractivity contribution in [1.29, 1.82) is 0 Å². The predicted molar refractivity (Wildman–Crippen MR) is 144 cm³/mol. The molecule has 0 radical (unpaired) electrons. The molecule has 3 aromatic carbocycles. The van der Waals surface area contributed by atoms with Crippen LogP contribution in [0.2, 0.25) is 0 Å². The maximum Gasteiger partial charge on any atom is 0.231 e. The van der Waals surface area contributed by atoms with E-state index in [2.05, 4.69) is 56.9 Å². The van der Waals surface area contributed by atoms with E-state index in [9.17, 15) is 4.79 Å². The van der Waals surface area contributed by atoms with E-state index < -0.39 is 0 Å². The second kappa shape index (κ2) is 12.4. The maximum absolute atomic E-state index is 13.0. The summed E-state index contributed by atoms with van der Waals surface area (Å²) in [4.78, 5) is 17.1. The third-order valence-electron chi connectivity index (χ3n) is 6.26. The lowest BCUT2D eigenvalue weighted by Crippen LogP contribution is -2.39. The van der Waals surface area contributed by atoms with Gasteiger partial charge in [-0.3, -0.25) is 9.69 Å². The summed E-state index contributed by atoms with van der Waals surface area (Å²) in [7, 11) is 3.43. The fourth-order valence-electron chi connectivity index (χ4n) is 4.24. The van der Waals surface area contributed by atoms with Crippen LogP contribution in [0.5, 0.6) is 11.5 Å². The molecule has 0 aliphatic carbocycles. The van der Waals surface area contributed by atoms with Crippen LogP contribution in [-0.4, -0.2) is 50.2 Å². The summed E-state index contributed by atoms with van der Waals surface area (Å²) in [6.07, 6.45) is 0.325. The zero-order valence-corrected chi connectivity index (χ0v) is 21.8. The van der Waals surface area contributed by atoms with Gasteiger partial charge in [0.05, 0.1) is 13.5 Å². The van der Waals surface area contributed by atoms with Gasteiger partial charge in [-0.2, -0.15) is 0 Å². The van der Waals surface area contributed by atoms with Gasteiger partial charge in [0.25, 0.3) is 0 Å². The van der Waals surface area contributed by atoms with Crippen LogP contribution in [0.25, 0.3) is 11.1 Å². The van der Waals surface area contributed by atoms with Gasteiger partial charge in [0, 0.05) is 37.4 Å². The molecule has 0 heterocycles. The summed E-state index contributed by atoms with van der Waals surface area (Å²) >= 11 is 0. The molecular weight excluding hydrogens is 436 g/mol. The second-order valence-corrected chi connectivity index (χ2v) is 9.30. The lowest BCUT2D eigenvalue weighted by molar-refractivity contribution is -0.117. The SMILES string of the molecule is COc1ccc(N(C)C(=O)Cc2ccc(-c3ccccc3)cc2)cc1OCCN(C(C)C)C(C)C. The number of likely N-dealkylation sites (N-methyl/N-ethyl adjacent to an activating group) is 1. The number of benzene rings is 3. The number of amides is 1. The number of nitrogens with zero attached hydrogens (tertiary/aromatic N) is 2. The van der Waals surface area contributed by atoms with Gasteiger partial charge in [-0.15, -0.1) is 0 Å². The van der Waals surface area contributed by atoms with Crippen LogP contribution in [0.3, 0.4) is 0 Å². The number of methoxy groups -OCH3 is 1. The molecule has 5 nitrogen and oxygen atoms in total. The molecule has 3 aromatic rings. The largest absolute Gasteiger partial charge is 0.493 e. The van der Waals surface area contributed by atoms with Gasteiger partial charge < -0.3 is 14.4 Å². The first-order valence-corrected chi connectivity index (χ1v) is 12.3. The van der Waals surface area contributed by atoms with Crippen LogP contribution in [0.1, 0.15) is 33.3 Å². The van der Waals surface area contributed by atoms with Gasteiger partial charge in [-0.05, 0) is 56.5 Å². The Morgan fingerprint density at radius 3 is 2.06 bits per heavy atom. The molecule has 0 N–H and O–H groups in total. The van der Waals surface area contributed by atoms with Crippen molar-refractivity contribution in [3.8, 4) is 22.6 Å². The maximum atomic E-state index is 13.0. The summed E-state index contributed by atoms with van der Waals surface area (Å²) in [5, 5.41) is 0. The number of rotatable bonds is 11. The Bertz CT molecular complexity index is 1070. The average molecular weight is 475 g/mol. The first kappa shape index (κ1) is 26.3. The molecule has 1 amide bonds. The first-order chi connectivity index (χ1) is 16.8. The summed E-state index contributed by atoms with van der Waals surface area (Å²) in [6.45, 7) is 10.1. The van der Waals surface area contributed by atoms with Gasteiger partial charge >= 0.3 is 0 Å². The summed E-state index contributed by atoms with van der Waals surface area (Å²) < 4.78 is 11.6. The molecule has 0 fully saturated rings. The zero-order valence-electron chi connectivity index (χ0n) is 21.8. The van der Waals surface area contributed by atoms with Crippen molar-refractivity contribution in [3.05, 3.63) is 78.4 Å². The van der Waals surface area contributed by atoms with Crippen LogP contribution in [-0.2, 0) is 11.2 Å². The molecule has 0 unspecified atom stereocenters. The van der Waals surface area contributed by atoms with Crippen molar-refractivity contribution in [2.24, 2.45) is 0 Å². The van der Waals surface area contributed by atoms with E-state index in [1.165, 1.54) is 0 Å². The molecule has 0 atom stereocenters. The van der Waals surface area contributed by atoms with Gasteiger partial charge in [-0.25, -0.2) is 0 Å². The zero-order chi connectivity index (χ0) is 25.4. The van der Waals surface area contributed by atoms with E-state index in [0.29, 0.717) is 36.6 Å². The quantitative estimate of drug-likeness (QED) is 0.338. The Labute approximate surface area is 210 Å². The lowest BCUT2D eigenvalue weighted by Gasteiger charge is -2.30. The number of carbonyl (C=O) groups excluding carboxylic acids is 1. The van der Waals surface area contributed by atoms with E-state index in [0.717, 1.165) is 28.9 Å². The second-order valence-electron chi connectivity index (χ2n) is 9.30. The summed E-state index contributed by atoms with van der Waals surface area (Å²) in [5.41, 5.74) is 4.06. The Morgan fingerprint density at radius 1 is 0.829 bits per heavy atom. The molecule has 0 saturated carbocycles. The standard InChI is InChI=1S/C30H38N2O3/c1-22(2)32(23(3)4)18-19-35-29-21-27(16-17-28(29)34-6)31(5)30(33)20-24-12-14-26(15-13-24)25-10-8-7-9-11-25/h7-17,21-23H,18-20H2,1-6H3. The number of hydrogen-bond donors (Lipinski definition) is 0. The Balaban J connectivity index is 1.66. The Morgan fingerprint density at radius 2 is 1.46 bits per heavy atom. The molecule has 0 spiro atoms. The van der Waals surface area contributed by atoms with Crippen molar-refractivity contribution >= 4 is 11.6 Å². The number of carbonyl (C=O) groups is 1. The highest BCUT2D eigenvalue weighted by molar-refractivity contribution is 5.94. The smallest absolute Gasteiger partial charge is 0.231 e. The van der Waals surface area contributed by atoms with Crippen molar-refractivity contribution in [3.63, 3.8) is 0 Å². The minimum absolute atomic E-state index is 0.0133. The molecular formula is C30H38N2O3. The summed E-state index contributed by atoms with van der Waals surface area (Å²) in [5.74, 6) is 1.32. The van der Waals surface area contributed by atoms with E-state index in [1.807, 2.05) is 48.5 Å². The van der Waals surface area contributed by atoms with Crippen LogP contribution in [0, 0.1) is 0 Å². The minimum atomic E-state index is 0.0133. The number of hydrogen-bond acceptors (Lipinski definition) is 4. The average Bonchev–Trinajstić information content (AvgIpc) is 2.86. The fraction of sp³-hybridized carbons (Fsp3) is 0.367. The Hall–Kier alpha value is -3.31. The van der Waals surface area contributed by atoms with Gasteiger partial charge in [0.15, 0.2) is 11.5 Å². The van der Waals surface area contributed by atoms with Crippen LogP contribution >= 0.6 is 0 Å². The lowest BCUT2D eigenvalue weighted by atomic mass is 10.0. The third kappa shape index (κ3) is 7.09. The van der Waals surface area contributed by atoms with Gasteiger partial charge in [0.1, 0.15) is 6.61 Å². The number of anilines is 1. The predicted octanol–water partition coefficient (Wildman–Crippen LogP) is 6.07. The molecule has 0 saturated heterocycles. The highest BCUT2D eigenvalue weighted by Gasteiger charge is 2.17. The van der Waals surface area contributed by atoms with Crippen molar-refractivity contribution in [1.82, 2.24) is 4.90 Å². The minimum Gasteiger partial charge on any atom is -0.493 e. The van der Waals surface area contributed by atoms with Crippen molar-refractivity contribution in [2.45, 2.75) is 46.2 Å². The highest BCUT2D eigenvalue weighted by atomic mass is 16.5. The highest BCUT2D eigenvalue weighted by Crippen LogP contribution is 2.32. The van der Waals surface area contributed by atoms with E-state index in [4.69, 9.17) is 9.47 Å². The van der Waals surface area contributed by atoms with Gasteiger partial charge in [0.2, 0.25) is 5.91 Å². The van der Waals surface area contributed by atoms with E-state index in [1.54, 1.807) is 19.1 Å². The van der Waals surface area contributed by atoms with Crippen molar-refractivity contribution in [2.75, 3.05) is 32.2 Å². The topological polar surface area (TPSA) is 42.0 Å². The monoisotopic (exact) mass is 474 g/mol. The van der Waals surface area contributed by atoms with Crippen LogP contribution in [0.4, 0.5) is 5.69 Å². The van der Waals surface area contributed by atoms with E-state index >= 15 is 0 Å². The van der Waals surface area contributed by atoms with Crippen molar-refractivity contribution < 1.29 is 14.3 Å². The normalized spacial score (nSPS) is 11.2. The molecule has 35 heavy (non-hydrogen) atoms. The first-order valence-electron chi connectivity index (χ1n) is 12.3. The molecule has 3 rings (SSSR count). The Kier molecular flexibility index (Phi) is 9.32. The van der Waals surface area contributed by atoms with Gasteiger partial charge in [-0.1, -0.05) is 54.6 Å². The van der Waals surface area contributed by atoms with Crippen LogP contribution < -0.4 is 14.4 Å². The fourth-order valence-corrected chi connectivity index (χ4v) is 4.24. The van der Waals surface area contributed by atoms with E-state index in [-0.39, 0.29) is 5.91 Å². The molecule has 0 aliphatic heterocycles.